The lowest BCUT2D eigenvalue weighted by Gasteiger charge is -2.36. The molecular formula is C15H22FN3S. The fourth-order valence-electron chi connectivity index (χ4n) is 2.79. The van der Waals surface area contributed by atoms with Crippen molar-refractivity contribution >= 4 is 17.2 Å². The van der Waals surface area contributed by atoms with E-state index in [9.17, 15) is 4.39 Å². The molecule has 2 N–H and O–H groups in total. The van der Waals surface area contributed by atoms with Crippen LogP contribution in [0.1, 0.15) is 24.0 Å². The third kappa shape index (κ3) is 3.53. The first kappa shape index (κ1) is 15.4. The first-order valence-corrected chi connectivity index (χ1v) is 7.36. The fraction of sp³-hybridized carbons (Fsp3) is 0.533. The number of benzene rings is 1. The monoisotopic (exact) mass is 295 g/mol. The highest BCUT2D eigenvalue weighted by atomic mass is 32.1. The highest BCUT2D eigenvalue weighted by Gasteiger charge is 2.22. The SMILES string of the molecule is CN1CCCC(N(C)Cc2cccc(C(N)=S)c2F)C1. The lowest BCUT2D eigenvalue weighted by molar-refractivity contribution is 0.128. The number of likely N-dealkylation sites (tertiary alicyclic amines) is 1. The van der Waals surface area contributed by atoms with Gasteiger partial charge in [-0.2, -0.15) is 0 Å². The van der Waals surface area contributed by atoms with Crippen molar-refractivity contribution in [1.82, 2.24) is 9.80 Å². The summed E-state index contributed by atoms with van der Waals surface area (Å²) in [6, 6.07) is 5.73. The van der Waals surface area contributed by atoms with Crippen LogP contribution < -0.4 is 5.73 Å². The van der Waals surface area contributed by atoms with Crippen LogP contribution in [0.4, 0.5) is 4.39 Å². The van der Waals surface area contributed by atoms with Crippen LogP contribution >= 0.6 is 12.2 Å². The molecule has 3 nitrogen and oxygen atoms in total. The van der Waals surface area contributed by atoms with Crippen molar-refractivity contribution in [3.05, 3.63) is 35.1 Å². The van der Waals surface area contributed by atoms with E-state index in [0.29, 0.717) is 23.7 Å². The summed E-state index contributed by atoms with van der Waals surface area (Å²) in [5, 5.41) is 0. The second kappa shape index (κ2) is 6.61. The molecule has 1 fully saturated rings. The van der Waals surface area contributed by atoms with Crippen LogP contribution in [0.3, 0.4) is 0 Å². The van der Waals surface area contributed by atoms with Crippen molar-refractivity contribution in [1.29, 1.82) is 0 Å². The molecule has 0 spiro atoms. The Hall–Kier alpha value is -1.04. The van der Waals surface area contributed by atoms with Gasteiger partial charge in [-0.3, -0.25) is 4.90 Å². The van der Waals surface area contributed by atoms with Gasteiger partial charge in [0.2, 0.25) is 0 Å². The molecule has 1 aromatic carbocycles. The molecule has 0 saturated carbocycles. The minimum Gasteiger partial charge on any atom is -0.389 e. The molecule has 1 heterocycles. The molecule has 2 rings (SSSR count). The van der Waals surface area contributed by atoms with Crippen molar-refractivity contribution in [2.75, 3.05) is 27.2 Å². The number of piperidine rings is 1. The molecule has 1 aliphatic rings. The number of nitrogens with zero attached hydrogens (tertiary/aromatic N) is 2. The molecule has 0 amide bonds. The van der Waals surface area contributed by atoms with Crippen molar-refractivity contribution in [3.8, 4) is 0 Å². The fourth-order valence-corrected chi connectivity index (χ4v) is 2.95. The average molecular weight is 295 g/mol. The topological polar surface area (TPSA) is 32.5 Å². The number of likely N-dealkylation sites (N-methyl/N-ethyl adjacent to an activating group) is 2. The highest BCUT2D eigenvalue weighted by molar-refractivity contribution is 7.80. The summed E-state index contributed by atoms with van der Waals surface area (Å²) in [5.74, 6) is -0.281. The highest BCUT2D eigenvalue weighted by Crippen LogP contribution is 2.19. The summed E-state index contributed by atoms with van der Waals surface area (Å²) in [6.07, 6.45) is 2.36. The minimum absolute atomic E-state index is 0.115. The van der Waals surface area contributed by atoms with E-state index < -0.39 is 0 Å². The van der Waals surface area contributed by atoms with Crippen LogP contribution in [-0.4, -0.2) is 48.0 Å². The van der Waals surface area contributed by atoms with E-state index in [0.717, 1.165) is 19.5 Å². The first-order valence-electron chi connectivity index (χ1n) is 6.95. The zero-order valence-corrected chi connectivity index (χ0v) is 12.9. The van der Waals surface area contributed by atoms with Gasteiger partial charge in [0.1, 0.15) is 10.8 Å². The smallest absolute Gasteiger partial charge is 0.137 e. The Bertz CT molecular complexity index is 492. The quantitative estimate of drug-likeness (QED) is 0.861. The molecule has 20 heavy (non-hydrogen) atoms. The van der Waals surface area contributed by atoms with Gasteiger partial charge in [0.05, 0.1) is 0 Å². The standard InChI is InChI=1S/C15H22FN3S/c1-18-8-4-6-12(10-18)19(2)9-11-5-3-7-13(14(11)16)15(17)20/h3,5,7,12H,4,6,8-10H2,1-2H3,(H2,17,20). The van der Waals surface area contributed by atoms with Gasteiger partial charge >= 0.3 is 0 Å². The van der Waals surface area contributed by atoms with Gasteiger partial charge in [0.15, 0.2) is 0 Å². The summed E-state index contributed by atoms with van der Waals surface area (Å²) in [6.45, 7) is 2.77. The Labute approximate surface area is 125 Å². The van der Waals surface area contributed by atoms with Crippen molar-refractivity contribution in [2.24, 2.45) is 5.73 Å². The van der Waals surface area contributed by atoms with Gasteiger partial charge < -0.3 is 10.6 Å². The van der Waals surface area contributed by atoms with E-state index >= 15 is 0 Å². The second-order valence-electron chi connectivity index (χ2n) is 5.62. The van der Waals surface area contributed by atoms with Gasteiger partial charge in [0.25, 0.3) is 0 Å². The third-order valence-corrected chi connectivity index (χ3v) is 4.21. The van der Waals surface area contributed by atoms with E-state index in [4.69, 9.17) is 18.0 Å². The second-order valence-corrected chi connectivity index (χ2v) is 6.06. The summed E-state index contributed by atoms with van der Waals surface area (Å²) in [7, 11) is 4.19. The lowest BCUT2D eigenvalue weighted by Crippen LogP contribution is -2.44. The Balaban J connectivity index is 2.09. The predicted molar refractivity (Wildman–Crippen MR) is 84.3 cm³/mol. The Morgan fingerprint density at radius 1 is 1.55 bits per heavy atom. The molecule has 1 unspecified atom stereocenters. The molecule has 0 bridgehead atoms. The summed E-state index contributed by atoms with van der Waals surface area (Å²) in [4.78, 5) is 4.66. The Morgan fingerprint density at radius 3 is 2.95 bits per heavy atom. The molecule has 0 aliphatic carbocycles. The summed E-state index contributed by atoms with van der Waals surface area (Å²) >= 11 is 4.88. The van der Waals surface area contributed by atoms with Crippen LogP contribution in [0.15, 0.2) is 18.2 Å². The Kier molecular flexibility index (Phi) is 5.07. The molecule has 1 aliphatic heterocycles. The summed E-state index contributed by atoms with van der Waals surface area (Å²) < 4.78 is 14.3. The van der Waals surface area contributed by atoms with Crippen molar-refractivity contribution in [3.63, 3.8) is 0 Å². The largest absolute Gasteiger partial charge is 0.389 e. The number of thiocarbonyl (C=S) groups is 1. The first-order chi connectivity index (χ1) is 9.49. The minimum atomic E-state index is -0.281. The van der Waals surface area contributed by atoms with Gasteiger partial charge in [-0.15, -0.1) is 0 Å². The third-order valence-electron chi connectivity index (χ3n) is 3.99. The molecule has 110 valence electrons. The van der Waals surface area contributed by atoms with E-state index in [-0.39, 0.29) is 10.8 Å². The van der Waals surface area contributed by atoms with E-state index in [2.05, 4.69) is 23.9 Å². The van der Waals surface area contributed by atoms with Crippen LogP contribution in [0.5, 0.6) is 0 Å². The number of halogens is 1. The molecule has 1 atom stereocenters. The maximum absolute atomic E-state index is 14.3. The maximum Gasteiger partial charge on any atom is 0.137 e. The van der Waals surface area contributed by atoms with Gasteiger partial charge in [0, 0.05) is 30.3 Å². The lowest BCUT2D eigenvalue weighted by atomic mass is 10.0. The zero-order chi connectivity index (χ0) is 14.7. The molecule has 0 aromatic heterocycles. The average Bonchev–Trinajstić information content (AvgIpc) is 2.40. The van der Waals surface area contributed by atoms with E-state index in [1.807, 2.05) is 6.07 Å². The van der Waals surface area contributed by atoms with Crippen LogP contribution in [0, 0.1) is 5.82 Å². The van der Waals surface area contributed by atoms with Gasteiger partial charge in [-0.05, 0) is 39.5 Å². The molecular weight excluding hydrogens is 273 g/mol. The summed E-state index contributed by atoms with van der Waals surface area (Å²) in [5.41, 5.74) is 6.54. The van der Waals surface area contributed by atoms with Crippen molar-refractivity contribution < 1.29 is 4.39 Å². The number of rotatable bonds is 4. The van der Waals surface area contributed by atoms with Crippen LogP contribution in [0.2, 0.25) is 0 Å². The van der Waals surface area contributed by atoms with Crippen LogP contribution in [-0.2, 0) is 6.54 Å². The Morgan fingerprint density at radius 2 is 2.30 bits per heavy atom. The number of nitrogens with two attached hydrogens (primary N) is 1. The van der Waals surface area contributed by atoms with Crippen LogP contribution in [0.25, 0.3) is 0 Å². The molecule has 0 radical (unpaired) electrons. The molecule has 1 saturated heterocycles. The van der Waals surface area contributed by atoms with Gasteiger partial charge in [-0.25, -0.2) is 4.39 Å². The maximum atomic E-state index is 14.3. The predicted octanol–water partition coefficient (Wildman–Crippen LogP) is 1.99. The van der Waals surface area contributed by atoms with E-state index in [1.54, 1.807) is 12.1 Å². The zero-order valence-electron chi connectivity index (χ0n) is 12.1. The molecule has 1 aromatic rings. The van der Waals surface area contributed by atoms with E-state index in [1.165, 1.54) is 6.42 Å². The molecule has 5 heteroatoms. The number of hydrogen-bond acceptors (Lipinski definition) is 3. The number of hydrogen-bond donors (Lipinski definition) is 1. The van der Waals surface area contributed by atoms with Crippen molar-refractivity contribution in [2.45, 2.75) is 25.4 Å². The van der Waals surface area contributed by atoms with Gasteiger partial charge in [-0.1, -0.05) is 24.4 Å². The normalized spacial score (nSPS) is 20.3.